The molecule has 1 atom stereocenters. The van der Waals surface area contributed by atoms with Gasteiger partial charge < -0.3 is 24.6 Å². The predicted molar refractivity (Wildman–Crippen MR) is 123 cm³/mol. The van der Waals surface area contributed by atoms with Gasteiger partial charge in [0.25, 0.3) is 11.7 Å². The molecule has 0 bridgehead atoms. The number of likely N-dealkylation sites (tertiary alicyclic amines) is 1. The number of H-pyrrole nitrogens is 1. The summed E-state index contributed by atoms with van der Waals surface area (Å²) in [5.74, 6) is -1.07. The molecule has 8 nitrogen and oxygen atoms in total. The SMILES string of the molecule is COc1ccc(C(O)=C2C(=O)C(=O)N(Cc3ccc[nH+]c3)C2c2ccc(O)c(OC)c2)c(C)c1. The van der Waals surface area contributed by atoms with E-state index in [9.17, 15) is 19.8 Å². The summed E-state index contributed by atoms with van der Waals surface area (Å²) in [5.41, 5.74) is 2.36. The molecule has 1 unspecified atom stereocenters. The number of rotatable bonds is 6. The molecular formula is C26H25N2O6+. The van der Waals surface area contributed by atoms with Crippen LogP contribution < -0.4 is 14.5 Å². The summed E-state index contributed by atoms with van der Waals surface area (Å²) in [6.07, 6.45) is 3.48. The number of benzene rings is 2. The smallest absolute Gasteiger partial charge is 0.295 e. The van der Waals surface area contributed by atoms with Crippen LogP contribution in [0.1, 0.15) is 28.3 Å². The number of hydrogen-bond acceptors (Lipinski definition) is 6. The fraction of sp³-hybridized carbons (Fsp3) is 0.192. The molecule has 2 aromatic carbocycles. The van der Waals surface area contributed by atoms with E-state index in [2.05, 4.69) is 4.98 Å². The normalized spacial score (nSPS) is 17.1. The number of ether oxygens (including phenoxy) is 2. The summed E-state index contributed by atoms with van der Waals surface area (Å²) < 4.78 is 10.5. The number of nitrogens with zero attached hydrogens (tertiary/aromatic N) is 1. The lowest BCUT2D eigenvalue weighted by Gasteiger charge is -2.25. The van der Waals surface area contributed by atoms with Crippen molar-refractivity contribution in [1.29, 1.82) is 0 Å². The van der Waals surface area contributed by atoms with Gasteiger partial charge in [-0.1, -0.05) is 6.07 Å². The van der Waals surface area contributed by atoms with E-state index in [0.717, 1.165) is 5.56 Å². The van der Waals surface area contributed by atoms with Gasteiger partial charge in [0.2, 0.25) is 0 Å². The number of aromatic hydroxyl groups is 1. The Bertz CT molecular complexity index is 1290. The number of pyridine rings is 1. The van der Waals surface area contributed by atoms with Crippen LogP contribution >= 0.6 is 0 Å². The molecule has 8 heteroatoms. The van der Waals surface area contributed by atoms with Crippen molar-refractivity contribution >= 4 is 17.4 Å². The number of carbonyl (C=O) groups is 2. The van der Waals surface area contributed by atoms with Crippen LogP contribution in [-0.2, 0) is 16.1 Å². The highest BCUT2D eigenvalue weighted by molar-refractivity contribution is 6.46. The highest BCUT2D eigenvalue weighted by atomic mass is 16.5. The van der Waals surface area contributed by atoms with Gasteiger partial charge in [-0.2, -0.15) is 0 Å². The number of aliphatic hydroxyl groups excluding tert-OH is 1. The monoisotopic (exact) mass is 461 g/mol. The van der Waals surface area contributed by atoms with Gasteiger partial charge in [-0.25, -0.2) is 4.98 Å². The Labute approximate surface area is 196 Å². The number of phenols is 1. The first-order valence-electron chi connectivity index (χ1n) is 10.6. The number of aromatic nitrogens is 1. The fourth-order valence-corrected chi connectivity index (χ4v) is 4.15. The molecule has 1 amide bonds. The van der Waals surface area contributed by atoms with E-state index in [1.165, 1.54) is 18.1 Å². The standard InChI is InChI=1S/C26H24N2O6/c1-15-11-18(33-2)7-8-19(15)24(30)22-23(17-6-9-20(29)21(12-17)34-3)28(26(32)25(22)31)14-16-5-4-10-27-13-16/h4-13,23,29-30H,14H2,1-3H3/p+1. The maximum Gasteiger partial charge on any atom is 0.295 e. The average Bonchev–Trinajstić information content (AvgIpc) is 3.09. The Kier molecular flexibility index (Phi) is 6.23. The molecule has 174 valence electrons. The molecule has 0 saturated carbocycles. The number of aryl methyl sites for hydroxylation is 1. The lowest BCUT2D eigenvalue weighted by Crippen LogP contribution is -2.29. The number of amides is 1. The van der Waals surface area contributed by atoms with E-state index in [0.29, 0.717) is 22.4 Å². The Morgan fingerprint density at radius 3 is 2.53 bits per heavy atom. The Morgan fingerprint density at radius 1 is 1.09 bits per heavy atom. The zero-order chi connectivity index (χ0) is 24.4. The Hall–Kier alpha value is -4.33. The van der Waals surface area contributed by atoms with Crippen LogP contribution in [0.5, 0.6) is 17.2 Å². The van der Waals surface area contributed by atoms with E-state index in [1.54, 1.807) is 62.8 Å². The number of ketones is 1. The minimum atomic E-state index is -0.892. The number of phenolic OH excluding ortho intramolecular Hbond substituents is 1. The highest BCUT2D eigenvalue weighted by Gasteiger charge is 2.46. The molecule has 1 aliphatic heterocycles. The van der Waals surface area contributed by atoms with Crippen molar-refractivity contribution in [2.75, 3.05) is 14.2 Å². The van der Waals surface area contributed by atoms with Crippen LogP contribution in [0.3, 0.4) is 0 Å². The van der Waals surface area contributed by atoms with Crippen molar-refractivity contribution in [2.45, 2.75) is 19.5 Å². The van der Waals surface area contributed by atoms with Crippen molar-refractivity contribution in [2.24, 2.45) is 0 Å². The third kappa shape index (κ3) is 4.05. The molecule has 4 rings (SSSR count). The fourth-order valence-electron chi connectivity index (χ4n) is 4.15. The quantitative estimate of drug-likeness (QED) is 0.332. The molecule has 3 aromatic rings. The summed E-state index contributed by atoms with van der Waals surface area (Å²) in [7, 11) is 2.95. The zero-order valence-corrected chi connectivity index (χ0v) is 19.0. The van der Waals surface area contributed by atoms with Crippen molar-refractivity contribution in [3.63, 3.8) is 0 Å². The first-order chi connectivity index (χ1) is 16.3. The summed E-state index contributed by atoms with van der Waals surface area (Å²) in [6.45, 7) is 1.92. The first-order valence-corrected chi connectivity index (χ1v) is 10.6. The van der Waals surface area contributed by atoms with Crippen molar-refractivity contribution in [3.8, 4) is 17.2 Å². The van der Waals surface area contributed by atoms with E-state index in [-0.39, 0.29) is 29.4 Å². The summed E-state index contributed by atoms with van der Waals surface area (Å²) in [5, 5.41) is 21.4. The van der Waals surface area contributed by atoms with Crippen LogP contribution in [0.4, 0.5) is 0 Å². The number of aliphatic hydroxyl groups is 1. The highest BCUT2D eigenvalue weighted by Crippen LogP contribution is 2.42. The number of methoxy groups -OCH3 is 2. The zero-order valence-electron chi connectivity index (χ0n) is 19.0. The molecule has 2 heterocycles. The molecule has 1 saturated heterocycles. The maximum atomic E-state index is 13.2. The molecule has 1 aromatic heterocycles. The van der Waals surface area contributed by atoms with Gasteiger partial charge >= 0.3 is 0 Å². The molecular weight excluding hydrogens is 436 g/mol. The molecule has 1 aliphatic rings. The lowest BCUT2D eigenvalue weighted by molar-refractivity contribution is -0.378. The van der Waals surface area contributed by atoms with E-state index in [4.69, 9.17) is 9.47 Å². The van der Waals surface area contributed by atoms with Gasteiger partial charge in [0.1, 0.15) is 11.5 Å². The van der Waals surface area contributed by atoms with Crippen molar-refractivity contribution < 1.29 is 34.3 Å². The minimum Gasteiger partial charge on any atom is -0.507 e. The summed E-state index contributed by atoms with van der Waals surface area (Å²) in [6, 6.07) is 12.4. The van der Waals surface area contributed by atoms with Crippen LogP contribution in [0.25, 0.3) is 5.76 Å². The largest absolute Gasteiger partial charge is 0.507 e. The molecule has 0 aliphatic carbocycles. The average molecular weight is 461 g/mol. The molecule has 3 N–H and O–H groups in total. The second-order valence-corrected chi connectivity index (χ2v) is 7.95. The van der Waals surface area contributed by atoms with Gasteiger partial charge in [-0.15, -0.1) is 0 Å². The maximum absolute atomic E-state index is 13.2. The topological polar surface area (TPSA) is 110 Å². The van der Waals surface area contributed by atoms with E-state index < -0.39 is 17.7 Å². The van der Waals surface area contributed by atoms with Crippen molar-refractivity contribution in [3.05, 3.63) is 88.8 Å². The van der Waals surface area contributed by atoms with E-state index >= 15 is 0 Å². The van der Waals surface area contributed by atoms with Gasteiger partial charge in [0.05, 0.1) is 32.4 Å². The van der Waals surface area contributed by atoms with Crippen LogP contribution in [0.2, 0.25) is 0 Å². The third-order valence-corrected chi connectivity index (χ3v) is 5.87. The van der Waals surface area contributed by atoms with Gasteiger partial charge in [0.15, 0.2) is 23.9 Å². The number of Topliss-reactive ketones (excluding diaryl/α,β-unsaturated/α-hetero) is 1. The van der Waals surface area contributed by atoms with Crippen LogP contribution in [0.15, 0.2) is 66.5 Å². The molecule has 0 radical (unpaired) electrons. The molecule has 0 spiro atoms. The van der Waals surface area contributed by atoms with Gasteiger partial charge in [-0.05, 0) is 54.4 Å². The Balaban J connectivity index is 1.91. The van der Waals surface area contributed by atoms with E-state index in [1.807, 2.05) is 6.07 Å². The summed E-state index contributed by atoms with van der Waals surface area (Å²) >= 11 is 0. The van der Waals surface area contributed by atoms with Crippen molar-refractivity contribution in [1.82, 2.24) is 4.90 Å². The number of nitrogens with one attached hydrogen (secondary N) is 1. The van der Waals surface area contributed by atoms with Gasteiger partial charge in [-0.3, -0.25) is 9.59 Å². The summed E-state index contributed by atoms with van der Waals surface area (Å²) in [4.78, 5) is 30.8. The third-order valence-electron chi connectivity index (χ3n) is 5.87. The predicted octanol–water partition coefficient (Wildman–Crippen LogP) is 3.15. The first kappa shape index (κ1) is 22.8. The molecule has 34 heavy (non-hydrogen) atoms. The lowest BCUT2D eigenvalue weighted by atomic mass is 9.93. The van der Waals surface area contributed by atoms with Gasteiger partial charge in [0, 0.05) is 17.2 Å². The van der Waals surface area contributed by atoms with Crippen LogP contribution in [0, 0.1) is 6.92 Å². The number of hydrogen-bond donors (Lipinski definition) is 2. The Morgan fingerprint density at radius 2 is 1.88 bits per heavy atom. The van der Waals surface area contributed by atoms with Crippen LogP contribution in [-0.4, -0.2) is 41.0 Å². The molecule has 1 fully saturated rings. The minimum absolute atomic E-state index is 0.0362. The number of aromatic amines is 1. The second kappa shape index (κ2) is 9.27. The second-order valence-electron chi connectivity index (χ2n) is 7.95. The number of carbonyl (C=O) groups excluding carboxylic acids is 2.